The summed E-state index contributed by atoms with van der Waals surface area (Å²) in [7, 11) is 0. The first-order chi connectivity index (χ1) is 5.36. The van der Waals surface area contributed by atoms with E-state index in [1.165, 1.54) is 12.0 Å². The zero-order valence-corrected chi connectivity index (χ0v) is 8.09. The van der Waals surface area contributed by atoms with Crippen LogP contribution in [-0.2, 0) is 6.54 Å². The molecule has 0 aromatic carbocycles. The molecular weight excluding hydrogens is 170 g/mol. The molecule has 1 heterocycles. The van der Waals surface area contributed by atoms with Crippen LogP contribution in [0.15, 0.2) is 31.1 Å². The molecule has 0 amide bonds. The molecule has 0 atom stereocenters. The molecule has 12 heavy (non-hydrogen) atoms. The van der Waals surface area contributed by atoms with E-state index in [0.29, 0.717) is 0 Å². The maximum Gasteiger partial charge on any atom is 0.169 e. The van der Waals surface area contributed by atoms with E-state index in [2.05, 4.69) is 42.6 Å². The van der Waals surface area contributed by atoms with Gasteiger partial charge in [-0.15, -0.1) is 0 Å². The van der Waals surface area contributed by atoms with Gasteiger partial charge in [0, 0.05) is 18.6 Å². The van der Waals surface area contributed by atoms with Gasteiger partial charge in [0.15, 0.2) is 12.4 Å². The fraction of sp³-hybridized carbons (Fsp3) is 0.300. The summed E-state index contributed by atoms with van der Waals surface area (Å²) in [6.07, 6.45) is 7.20. The molecule has 0 spiro atoms. The molecule has 0 unspecified atom stereocenters. The van der Waals surface area contributed by atoms with Crippen molar-refractivity contribution in [1.82, 2.24) is 0 Å². The van der Waals surface area contributed by atoms with Gasteiger partial charge in [0.1, 0.15) is 6.54 Å². The Balaban J connectivity index is 0.00000121. The highest BCUT2D eigenvalue weighted by Crippen LogP contribution is 1.95. The van der Waals surface area contributed by atoms with Crippen molar-refractivity contribution in [3.8, 4) is 0 Å². The van der Waals surface area contributed by atoms with Crippen LogP contribution < -0.4 is 17.0 Å². The summed E-state index contributed by atoms with van der Waals surface area (Å²) in [5, 5.41) is 0. The second kappa shape index (κ2) is 5.78. The second-order valence-corrected chi connectivity index (χ2v) is 2.57. The van der Waals surface area contributed by atoms with E-state index in [0.717, 1.165) is 6.54 Å². The average molecular weight is 184 g/mol. The van der Waals surface area contributed by atoms with Gasteiger partial charge in [-0.1, -0.05) is 19.6 Å². The van der Waals surface area contributed by atoms with Crippen molar-refractivity contribution < 1.29 is 17.0 Å². The number of halogens is 1. The van der Waals surface area contributed by atoms with Gasteiger partial charge in [-0.2, -0.15) is 0 Å². The molecular formula is C10H14ClN. The zero-order chi connectivity index (χ0) is 8.10. The molecule has 2 heteroatoms. The van der Waals surface area contributed by atoms with Crippen LogP contribution in [0.1, 0.15) is 18.9 Å². The summed E-state index contributed by atoms with van der Waals surface area (Å²) in [6, 6.07) is 4.14. The molecule has 0 aliphatic rings. The van der Waals surface area contributed by atoms with E-state index in [-0.39, 0.29) is 12.4 Å². The third kappa shape index (κ3) is 3.05. The highest BCUT2D eigenvalue weighted by molar-refractivity contribution is 5.44. The van der Waals surface area contributed by atoms with Crippen molar-refractivity contribution in [3.05, 3.63) is 36.7 Å². The lowest BCUT2D eigenvalue weighted by Crippen LogP contribution is -3.00. The van der Waals surface area contributed by atoms with Gasteiger partial charge in [0.25, 0.3) is 0 Å². The Morgan fingerprint density at radius 1 is 1.42 bits per heavy atom. The number of hydrogen-bond acceptors (Lipinski definition) is 0. The van der Waals surface area contributed by atoms with Gasteiger partial charge in [-0.05, 0) is 5.56 Å². The lowest BCUT2D eigenvalue weighted by Gasteiger charge is -1.93. The van der Waals surface area contributed by atoms with E-state index in [4.69, 9.17) is 0 Å². The Kier molecular flexibility index (Phi) is 5.39. The van der Waals surface area contributed by atoms with E-state index in [1.807, 2.05) is 6.08 Å². The summed E-state index contributed by atoms with van der Waals surface area (Å²) in [5.74, 6) is 0. The van der Waals surface area contributed by atoms with Crippen LogP contribution >= 0.6 is 0 Å². The third-order valence-corrected chi connectivity index (χ3v) is 1.63. The van der Waals surface area contributed by atoms with Gasteiger partial charge in [-0.25, -0.2) is 4.57 Å². The fourth-order valence-corrected chi connectivity index (χ4v) is 1.01. The largest absolute Gasteiger partial charge is 1.00 e. The molecule has 1 aromatic rings. The molecule has 0 aliphatic heterocycles. The molecule has 1 rings (SSSR count). The predicted molar refractivity (Wildman–Crippen MR) is 47.0 cm³/mol. The Morgan fingerprint density at radius 3 is 2.42 bits per heavy atom. The highest BCUT2D eigenvalue weighted by atomic mass is 35.5. The molecule has 1 aromatic heterocycles. The Labute approximate surface area is 80.1 Å². The quantitative estimate of drug-likeness (QED) is 0.532. The van der Waals surface area contributed by atoms with Crippen molar-refractivity contribution in [1.29, 1.82) is 0 Å². The van der Waals surface area contributed by atoms with Gasteiger partial charge in [0.2, 0.25) is 0 Å². The third-order valence-electron chi connectivity index (χ3n) is 1.63. The van der Waals surface area contributed by atoms with Crippen molar-refractivity contribution in [2.24, 2.45) is 0 Å². The lowest BCUT2D eigenvalue weighted by atomic mass is 10.3. The summed E-state index contributed by atoms with van der Waals surface area (Å²) in [4.78, 5) is 0. The van der Waals surface area contributed by atoms with Gasteiger partial charge >= 0.3 is 0 Å². The normalized spacial score (nSPS) is 8.75. The van der Waals surface area contributed by atoms with Crippen molar-refractivity contribution in [2.75, 3.05) is 0 Å². The molecule has 0 N–H and O–H groups in total. The minimum atomic E-state index is 0. The summed E-state index contributed by atoms with van der Waals surface area (Å²) >= 11 is 0. The number of nitrogens with zero attached hydrogens (tertiary/aromatic N) is 1. The van der Waals surface area contributed by atoms with E-state index < -0.39 is 0 Å². The molecule has 0 saturated heterocycles. The van der Waals surface area contributed by atoms with Gasteiger partial charge in [-0.3, -0.25) is 0 Å². The summed E-state index contributed by atoms with van der Waals surface area (Å²) < 4.78 is 2.17. The van der Waals surface area contributed by atoms with Crippen molar-refractivity contribution in [3.63, 3.8) is 0 Å². The molecule has 0 radical (unpaired) electrons. The lowest BCUT2D eigenvalue weighted by molar-refractivity contribution is -0.697. The number of rotatable bonds is 3. The molecule has 0 fully saturated rings. The highest BCUT2D eigenvalue weighted by Gasteiger charge is 1.95. The first kappa shape index (κ1) is 11.2. The van der Waals surface area contributed by atoms with E-state index >= 15 is 0 Å². The average Bonchev–Trinajstić information content (AvgIpc) is 2.07. The Hall–Kier alpha value is -0.820. The van der Waals surface area contributed by atoms with Crippen molar-refractivity contribution >= 4 is 6.08 Å². The van der Waals surface area contributed by atoms with Crippen LogP contribution in [0.5, 0.6) is 0 Å². The summed E-state index contributed by atoms with van der Waals surface area (Å²) in [5.41, 5.74) is 1.18. The number of aryl methyl sites for hydroxylation is 1. The number of pyridine rings is 1. The molecule has 1 nitrogen and oxygen atoms in total. The maximum absolute atomic E-state index is 3.70. The minimum absolute atomic E-state index is 0. The van der Waals surface area contributed by atoms with E-state index in [1.54, 1.807) is 0 Å². The predicted octanol–water partition coefficient (Wildman–Crippen LogP) is -0.969. The maximum atomic E-state index is 3.70. The SMILES string of the molecule is C=Cc1cc[n+](CCC)cc1.[Cl-]. The minimum Gasteiger partial charge on any atom is -1.00 e. The van der Waals surface area contributed by atoms with Crippen LogP contribution in [0.2, 0.25) is 0 Å². The van der Waals surface area contributed by atoms with Gasteiger partial charge < -0.3 is 12.4 Å². The summed E-state index contributed by atoms with van der Waals surface area (Å²) in [6.45, 7) is 6.97. The van der Waals surface area contributed by atoms with E-state index in [9.17, 15) is 0 Å². The van der Waals surface area contributed by atoms with Crippen LogP contribution in [0.25, 0.3) is 6.08 Å². The fourth-order valence-electron chi connectivity index (χ4n) is 1.01. The molecule has 0 bridgehead atoms. The topological polar surface area (TPSA) is 3.88 Å². The molecule has 0 aliphatic carbocycles. The number of hydrogen-bond donors (Lipinski definition) is 0. The van der Waals surface area contributed by atoms with Crippen LogP contribution in [0.3, 0.4) is 0 Å². The van der Waals surface area contributed by atoms with Gasteiger partial charge in [0.05, 0.1) is 0 Å². The van der Waals surface area contributed by atoms with Crippen LogP contribution in [0.4, 0.5) is 0 Å². The molecule has 66 valence electrons. The standard InChI is InChI=1S/C10H14N.ClH/c1-3-7-11-8-5-10(4-2)6-9-11;/h4-6,8-9H,2-3,7H2,1H3;1H/q+1;/p-1. The Morgan fingerprint density at radius 2 is 2.00 bits per heavy atom. The smallest absolute Gasteiger partial charge is 0.169 e. The van der Waals surface area contributed by atoms with Crippen LogP contribution in [0, 0.1) is 0 Å². The van der Waals surface area contributed by atoms with Crippen molar-refractivity contribution in [2.45, 2.75) is 19.9 Å². The monoisotopic (exact) mass is 183 g/mol. The first-order valence-electron chi connectivity index (χ1n) is 3.98. The molecule has 0 saturated carbocycles. The number of aromatic nitrogens is 1. The zero-order valence-electron chi connectivity index (χ0n) is 7.33. The second-order valence-electron chi connectivity index (χ2n) is 2.57. The van der Waals surface area contributed by atoms with Crippen LogP contribution in [-0.4, -0.2) is 0 Å². The first-order valence-corrected chi connectivity index (χ1v) is 3.98. The Bertz CT molecular complexity index is 228.